The summed E-state index contributed by atoms with van der Waals surface area (Å²) in [6.07, 6.45) is -0.770. The van der Waals surface area contributed by atoms with Crippen LogP contribution in [0.4, 0.5) is 10.5 Å². The second-order valence-electron chi connectivity index (χ2n) is 10.0. The van der Waals surface area contributed by atoms with E-state index in [4.69, 9.17) is 4.74 Å². The Balaban J connectivity index is 1.72. The lowest BCUT2D eigenvalue weighted by atomic mass is 9.76. The number of carbonyl (C=O) groups excluding carboxylic acids is 3. The molecule has 6 nitrogen and oxygen atoms in total. The molecule has 178 valence electrons. The van der Waals surface area contributed by atoms with Crippen LogP contribution in [0.2, 0.25) is 0 Å². The van der Waals surface area contributed by atoms with Crippen molar-refractivity contribution in [2.24, 2.45) is 0 Å². The number of carbonyl (C=O) groups is 3. The van der Waals surface area contributed by atoms with Crippen LogP contribution in [-0.2, 0) is 26.4 Å². The summed E-state index contributed by atoms with van der Waals surface area (Å²) in [4.78, 5) is 44.4. The van der Waals surface area contributed by atoms with Gasteiger partial charge >= 0.3 is 6.09 Å². The summed E-state index contributed by atoms with van der Waals surface area (Å²) in [6.45, 7) is 5.58. The summed E-state index contributed by atoms with van der Waals surface area (Å²) in [5.74, 6) is -1.26. The number of imide groups is 1. The molecule has 5 rings (SSSR count). The van der Waals surface area contributed by atoms with E-state index in [0.29, 0.717) is 17.8 Å². The highest BCUT2D eigenvalue weighted by Crippen LogP contribution is 2.57. The van der Waals surface area contributed by atoms with Gasteiger partial charge in [-0.2, -0.15) is 0 Å². The molecule has 1 spiro atoms. The summed E-state index contributed by atoms with van der Waals surface area (Å²) in [5.41, 5.74) is 0.784. The summed E-state index contributed by atoms with van der Waals surface area (Å²) in [5, 5.41) is 0. The van der Waals surface area contributed by atoms with Crippen LogP contribution < -0.4 is 4.90 Å². The number of nitrogens with zero attached hydrogens (tertiary/aromatic N) is 2. The molecule has 6 heteroatoms. The molecule has 1 fully saturated rings. The molecule has 2 heterocycles. The highest BCUT2D eigenvalue weighted by Gasteiger charge is 2.67. The van der Waals surface area contributed by atoms with Gasteiger partial charge in [-0.1, -0.05) is 78.9 Å². The van der Waals surface area contributed by atoms with E-state index in [1.54, 1.807) is 25.7 Å². The summed E-state index contributed by atoms with van der Waals surface area (Å²) < 4.78 is 5.68. The van der Waals surface area contributed by atoms with Crippen LogP contribution in [0.1, 0.15) is 49.8 Å². The average Bonchev–Trinajstić information content (AvgIpc) is 3.27. The summed E-state index contributed by atoms with van der Waals surface area (Å²) >= 11 is 0. The lowest BCUT2D eigenvalue weighted by Crippen LogP contribution is -2.56. The largest absolute Gasteiger partial charge is 0.443 e. The zero-order chi connectivity index (χ0) is 24.8. The molecule has 0 aromatic heterocycles. The molecule has 0 unspecified atom stereocenters. The molecular weight excluding hydrogens is 440 g/mol. The molecule has 2 aliphatic heterocycles. The van der Waals surface area contributed by atoms with E-state index in [0.717, 1.165) is 16.0 Å². The van der Waals surface area contributed by atoms with Crippen LogP contribution in [0.5, 0.6) is 0 Å². The molecular formula is C29H28N2O4. The first kappa shape index (κ1) is 22.8. The van der Waals surface area contributed by atoms with Gasteiger partial charge in [0.1, 0.15) is 5.60 Å². The molecule has 0 bridgehead atoms. The molecule has 3 aromatic carbocycles. The Morgan fingerprint density at radius 2 is 1.51 bits per heavy atom. The molecule has 2 aliphatic rings. The molecule has 35 heavy (non-hydrogen) atoms. The highest BCUT2D eigenvalue weighted by molar-refractivity contribution is 6.15. The van der Waals surface area contributed by atoms with Gasteiger partial charge in [0.05, 0.1) is 12.2 Å². The van der Waals surface area contributed by atoms with Gasteiger partial charge in [-0.25, -0.2) is 9.69 Å². The normalized spacial score (nSPS) is 21.5. The topological polar surface area (TPSA) is 66.9 Å². The number of benzene rings is 3. The third kappa shape index (κ3) is 3.70. The van der Waals surface area contributed by atoms with Crippen molar-refractivity contribution in [3.63, 3.8) is 0 Å². The lowest BCUT2D eigenvalue weighted by Gasteiger charge is -2.37. The molecule has 2 atom stereocenters. The Labute approximate surface area is 205 Å². The first-order chi connectivity index (χ1) is 16.7. The van der Waals surface area contributed by atoms with E-state index in [2.05, 4.69) is 0 Å². The van der Waals surface area contributed by atoms with Crippen LogP contribution >= 0.6 is 0 Å². The maximum Gasteiger partial charge on any atom is 0.418 e. The van der Waals surface area contributed by atoms with Crippen LogP contribution in [0.15, 0.2) is 84.9 Å². The van der Waals surface area contributed by atoms with Crippen molar-refractivity contribution in [1.82, 2.24) is 4.90 Å². The molecule has 0 aliphatic carbocycles. The minimum Gasteiger partial charge on any atom is -0.443 e. The smallest absolute Gasteiger partial charge is 0.418 e. The minimum absolute atomic E-state index is 0.0303. The Bertz CT molecular complexity index is 1280. The monoisotopic (exact) mass is 468 g/mol. The predicted molar refractivity (Wildman–Crippen MR) is 133 cm³/mol. The van der Waals surface area contributed by atoms with Crippen molar-refractivity contribution in [3.05, 3.63) is 102 Å². The van der Waals surface area contributed by atoms with Crippen molar-refractivity contribution in [2.75, 3.05) is 4.90 Å². The third-order valence-electron chi connectivity index (χ3n) is 6.62. The quantitative estimate of drug-likeness (QED) is 0.518. The van der Waals surface area contributed by atoms with Crippen molar-refractivity contribution >= 4 is 23.6 Å². The fourth-order valence-corrected chi connectivity index (χ4v) is 5.30. The van der Waals surface area contributed by atoms with Gasteiger partial charge in [0.25, 0.3) is 5.91 Å². The van der Waals surface area contributed by atoms with E-state index >= 15 is 0 Å². The maximum atomic E-state index is 14.5. The number of hydrogen-bond acceptors (Lipinski definition) is 4. The number of ether oxygens (including phenoxy) is 1. The van der Waals surface area contributed by atoms with Crippen LogP contribution in [0.25, 0.3) is 0 Å². The third-order valence-corrected chi connectivity index (χ3v) is 6.62. The van der Waals surface area contributed by atoms with E-state index < -0.39 is 29.1 Å². The van der Waals surface area contributed by atoms with Gasteiger partial charge < -0.3 is 9.64 Å². The van der Waals surface area contributed by atoms with Gasteiger partial charge in [0.15, 0.2) is 5.54 Å². The van der Waals surface area contributed by atoms with Crippen molar-refractivity contribution in [1.29, 1.82) is 0 Å². The molecule has 0 radical (unpaired) electrons. The summed E-state index contributed by atoms with van der Waals surface area (Å²) in [6, 6.07) is 26.6. The van der Waals surface area contributed by atoms with Crippen LogP contribution in [0.3, 0.4) is 0 Å². The number of para-hydroxylation sites is 1. The zero-order valence-corrected chi connectivity index (χ0v) is 20.1. The molecule has 3 aromatic rings. The highest BCUT2D eigenvalue weighted by atomic mass is 16.6. The number of anilines is 1. The standard InChI is InChI=1S/C29H28N2O4/c1-28(2,3)35-27(34)31-25(32)18-23(21-14-8-5-9-15-21)29(31)22-16-10-11-17-24(22)30(26(29)33)19-20-12-6-4-7-13-20/h4-17,23H,18-19H2,1-3H3/t23-,29-/m1/s1. The first-order valence-electron chi connectivity index (χ1n) is 11.8. The second kappa shape index (κ2) is 8.38. The number of likely N-dealkylation sites (tertiary alicyclic amines) is 1. The number of amides is 3. The van der Waals surface area contributed by atoms with Crippen molar-refractivity contribution in [3.8, 4) is 0 Å². The van der Waals surface area contributed by atoms with Gasteiger partial charge in [-0.3, -0.25) is 9.59 Å². The molecule has 1 saturated heterocycles. The van der Waals surface area contributed by atoms with Gasteiger partial charge in [-0.05, 0) is 38.0 Å². The van der Waals surface area contributed by atoms with Crippen LogP contribution in [-0.4, -0.2) is 28.4 Å². The Morgan fingerprint density at radius 3 is 2.17 bits per heavy atom. The Hall–Kier alpha value is -3.93. The van der Waals surface area contributed by atoms with Gasteiger partial charge in [0, 0.05) is 17.9 Å². The van der Waals surface area contributed by atoms with E-state index in [1.807, 2.05) is 84.9 Å². The number of fused-ring (bicyclic) bond motifs is 2. The summed E-state index contributed by atoms with van der Waals surface area (Å²) in [7, 11) is 0. The van der Waals surface area contributed by atoms with E-state index in [1.165, 1.54) is 0 Å². The maximum absolute atomic E-state index is 14.5. The van der Waals surface area contributed by atoms with E-state index in [-0.39, 0.29) is 12.3 Å². The van der Waals surface area contributed by atoms with Crippen LogP contribution in [0, 0.1) is 0 Å². The van der Waals surface area contributed by atoms with E-state index in [9.17, 15) is 14.4 Å². The molecule has 0 saturated carbocycles. The fraction of sp³-hybridized carbons (Fsp3) is 0.276. The van der Waals surface area contributed by atoms with Gasteiger partial charge in [0.2, 0.25) is 5.91 Å². The molecule has 3 amide bonds. The lowest BCUT2D eigenvalue weighted by molar-refractivity contribution is -0.139. The fourth-order valence-electron chi connectivity index (χ4n) is 5.30. The molecule has 0 N–H and O–H groups in total. The SMILES string of the molecule is CC(C)(C)OC(=O)N1C(=O)C[C@H](c2ccccc2)[C@]12C(=O)N(Cc1ccccc1)c1ccccc12. The Morgan fingerprint density at radius 1 is 0.914 bits per heavy atom. The number of rotatable bonds is 3. The number of hydrogen-bond donors (Lipinski definition) is 0. The zero-order valence-electron chi connectivity index (χ0n) is 20.1. The van der Waals surface area contributed by atoms with Crippen molar-refractivity contribution < 1.29 is 19.1 Å². The minimum atomic E-state index is -1.52. The van der Waals surface area contributed by atoms with Crippen molar-refractivity contribution in [2.45, 2.75) is 50.8 Å². The van der Waals surface area contributed by atoms with Gasteiger partial charge in [-0.15, -0.1) is 0 Å². The predicted octanol–water partition coefficient (Wildman–Crippen LogP) is 5.38. The Kier molecular flexibility index (Phi) is 5.47. The average molecular weight is 469 g/mol. The first-order valence-corrected chi connectivity index (χ1v) is 11.8. The second-order valence-corrected chi connectivity index (χ2v) is 10.0.